The topological polar surface area (TPSA) is 0 Å². The van der Waals surface area contributed by atoms with Gasteiger partial charge < -0.3 is 24.8 Å². The quantitative estimate of drug-likeness (QED) is 0.184. The summed E-state index contributed by atoms with van der Waals surface area (Å²) in [5.74, 6) is 6.00. The van der Waals surface area contributed by atoms with Crippen molar-refractivity contribution >= 4 is 3.21 Å². The molecule has 0 aromatic heterocycles. The zero-order valence-electron chi connectivity index (χ0n) is 34.7. The van der Waals surface area contributed by atoms with Crippen LogP contribution in [0, 0.1) is 35.0 Å². The van der Waals surface area contributed by atoms with Crippen molar-refractivity contribution < 1.29 is 49.0 Å². The van der Waals surface area contributed by atoms with E-state index in [9.17, 15) is 0 Å². The van der Waals surface area contributed by atoms with Crippen LogP contribution in [0.25, 0.3) is 0 Å². The molecule has 4 aliphatic carbocycles. The van der Waals surface area contributed by atoms with Gasteiger partial charge in [-0.25, -0.2) is 29.2 Å². The van der Waals surface area contributed by atoms with Crippen molar-refractivity contribution in [2.75, 3.05) is 0 Å². The predicted octanol–water partition coefficient (Wildman–Crippen LogP) is 7.53. The number of halogens is 2. The second-order valence-electron chi connectivity index (χ2n) is 19.0. The molecule has 2 saturated carbocycles. The van der Waals surface area contributed by atoms with E-state index in [-0.39, 0.29) is 35.6 Å². The summed E-state index contributed by atoms with van der Waals surface area (Å²) in [6, 6.07) is 37.5. The van der Waals surface area contributed by atoms with Crippen molar-refractivity contribution in [2.45, 2.75) is 125 Å². The number of benzene rings is 3. The molecule has 0 N–H and O–H groups in total. The molecule has 0 spiro atoms. The van der Waals surface area contributed by atoms with Crippen LogP contribution in [-0.4, -0.2) is 3.21 Å². The monoisotopic (exact) mass is 836 g/mol. The van der Waals surface area contributed by atoms with Crippen molar-refractivity contribution in [2.24, 2.45) is 29.1 Å². The molecule has 54 heavy (non-hydrogen) atoms. The van der Waals surface area contributed by atoms with E-state index in [2.05, 4.69) is 142 Å². The van der Waals surface area contributed by atoms with Gasteiger partial charge in [-0.2, -0.15) is 18.2 Å². The minimum Gasteiger partial charge on any atom is -1.00 e. The first-order valence-corrected chi connectivity index (χ1v) is 21.4. The first-order chi connectivity index (χ1) is 24.6. The van der Waals surface area contributed by atoms with E-state index in [1.165, 1.54) is 88.2 Å². The van der Waals surface area contributed by atoms with Crippen LogP contribution in [0.5, 0.6) is 0 Å². The summed E-state index contributed by atoms with van der Waals surface area (Å²) >= 11 is 1.46. The minimum absolute atomic E-state index is 0. The Bertz CT molecular complexity index is 1750. The zero-order valence-corrected chi connectivity index (χ0v) is 38.7. The molecule has 5 atom stereocenters. The molecule has 5 unspecified atom stereocenters. The molecule has 0 amide bonds. The zero-order chi connectivity index (χ0) is 37.4. The van der Waals surface area contributed by atoms with Gasteiger partial charge in [-0.1, -0.05) is 99.1 Å². The summed E-state index contributed by atoms with van der Waals surface area (Å²) in [4.78, 5) is 0. The average molecular weight is 839 g/mol. The Balaban J connectivity index is 0.000000208. The van der Waals surface area contributed by atoms with Crippen molar-refractivity contribution in [1.29, 1.82) is 0 Å². The molecule has 2 fully saturated rings. The van der Waals surface area contributed by atoms with Crippen molar-refractivity contribution in [3.63, 3.8) is 0 Å². The summed E-state index contributed by atoms with van der Waals surface area (Å²) in [5.41, 5.74) is 13.3. The molecule has 4 aromatic carbocycles. The Morgan fingerprint density at radius 3 is 1.70 bits per heavy atom. The average Bonchev–Trinajstić information content (AvgIpc) is 3.83. The van der Waals surface area contributed by atoms with Crippen LogP contribution in [0.3, 0.4) is 0 Å². The molecule has 8 rings (SSSR count). The van der Waals surface area contributed by atoms with Gasteiger partial charge in [0.1, 0.15) is 0 Å². The molecule has 0 bridgehead atoms. The largest absolute Gasteiger partial charge is 1.00 e. The van der Waals surface area contributed by atoms with Gasteiger partial charge in [0.05, 0.1) is 0 Å². The van der Waals surface area contributed by atoms with Crippen molar-refractivity contribution in [1.82, 2.24) is 0 Å². The van der Waals surface area contributed by atoms with Gasteiger partial charge in [0.2, 0.25) is 0 Å². The maximum atomic E-state index is 2.51. The van der Waals surface area contributed by atoms with Gasteiger partial charge in [-0.15, -0.1) is 6.92 Å². The second-order valence-corrected chi connectivity index (χ2v) is 20.2. The molecule has 0 radical (unpaired) electrons. The van der Waals surface area contributed by atoms with Gasteiger partial charge in [-0.3, -0.25) is 0 Å². The third-order valence-electron chi connectivity index (χ3n) is 13.5. The summed E-state index contributed by atoms with van der Waals surface area (Å²) in [7, 11) is 0. The van der Waals surface area contributed by atoms with Gasteiger partial charge in [0, 0.05) is 0 Å². The minimum atomic E-state index is 0. The SMILES string of the molecule is CC(C)(C)c1ccc([C](=[Zr+2])c2ccc(C(C)(C)C)cc2)cc1.C[C-]1C2=C3Cc4ccccc4C3C3CCCCC3C2CC(C)C1(C)C.[Cl-].[Cl-].c1cc[cH-]c1. The molecule has 0 saturated heterocycles. The normalized spacial score (nSPS) is 23.7. The van der Waals surface area contributed by atoms with Crippen molar-refractivity contribution in [3.8, 4) is 0 Å². The van der Waals surface area contributed by atoms with Gasteiger partial charge in [0.25, 0.3) is 0 Å². The van der Waals surface area contributed by atoms with Crippen LogP contribution < -0.4 is 24.8 Å². The fourth-order valence-electron chi connectivity index (χ4n) is 9.77. The summed E-state index contributed by atoms with van der Waals surface area (Å²) in [5, 5.41) is 0. The van der Waals surface area contributed by atoms with Crippen LogP contribution in [0.1, 0.15) is 141 Å². The molecule has 0 heterocycles. The maximum absolute atomic E-state index is 2.51. The van der Waals surface area contributed by atoms with E-state index in [1.807, 2.05) is 41.5 Å². The number of allylic oxidation sites excluding steroid dienone is 2. The molecule has 4 aliphatic rings. The Morgan fingerprint density at radius 2 is 1.22 bits per heavy atom. The van der Waals surface area contributed by atoms with Crippen molar-refractivity contribution in [3.05, 3.63) is 154 Å². The maximum Gasteiger partial charge on any atom is -0.0351 e. The van der Waals surface area contributed by atoms with E-state index >= 15 is 0 Å². The van der Waals surface area contributed by atoms with Crippen LogP contribution in [0.2, 0.25) is 0 Å². The van der Waals surface area contributed by atoms with Gasteiger partial charge >= 0.3 is 151 Å². The van der Waals surface area contributed by atoms with E-state index in [0.717, 1.165) is 29.6 Å². The van der Waals surface area contributed by atoms with Crippen LogP contribution >= 0.6 is 0 Å². The summed E-state index contributed by atoms with van der Waals surface area (Å²) < 4.78 is 1.42. The van der Waals surface area contributed by atoms with Crippen LogP contribution in [0.4, 0.5) is 0 Å². The molecule has 3 heteroatoms. The fraction of sp³-hybridized carbons (Fsp3) is 0.471. The van der Waals surface area contributed by atoms with Gasteiger partial charge in [-0.05, 0) is 30.6 Å². The second kappa shape index (κ2) is 18.0. The Kier molecular flexibility index (Phi) is 14.9. The number of fused-ring (bicyclic) bond motifs is 7. The Hall–Kier alpha value is -2.05. The molecular weight excluding hydrogens is 775 g/mol. The molecule has 4 aromatic rings. The number of hydrogen-bond acceptors (Lipinski definition) is 0. The molecule has 0 aliphatic heterocycles. The first kappa shape index (κ1) is 44.7. The third-order valence-corrected chi connectivity index (χ3v) is 14.9. The predicted molar refractivity (Wildman–Crippen MR) is 221 cm³/mol. The molecule has 0 nitrogen and oxygen atoms in total. The van der Waals surface area contributed by atoms with E-state index in [1.54, 1.807) is 17.0 Å². The fourth-order valence-corrected chi connectivity index (χ4v) is 10.6. The number of hydrogen-bond donors (Lipinski definition) is 0. The van der Waals surface area contributed by atoms with Crippen LogP contribution in [-0.2, 0) is 41.5 Å². The van der Waals surface area contributed by atoms with E-state index < -0.39 is 0 Å². The Labute approximate surface area is 356 Å². The molecule has 288 valence electrons. The third kappa shape index (κ3) is 9.38. The summed E-state index contributed by atoms with van der Waals surface area (Å²) in [6.07, 6.45) is 8.52. The molecular formula is C51H64Cl2Zr-2. The van der Waals surface area contributed by atoms with Gasteiger partial charge in [0.15, 0.2) is 0 Å². The first-order valence-electron chi connectivity index (χ1n) is 20.2. The summed E-state index contributed by atoms with van der Waals surface area (Å²) in [6.45, 7) is 23.6. The van der Waals surface area contributed by atoms with Crippen LogP contribution in [0.15, 0.2) is 114 Å². The Morgan fingerprint density at radius 1 is 0.722 bits per heavy atom. The van der Waals surface area contributed by atoms with E-state index in [0.29, 0.717) is 5.41 Å². The van der Waals surface area contributed by atoms with E-state index in [4.69, 9.17) is 0 Å². The number of rotatable bonds is 2. The smallest absolute Gasteiger partial charge is 0.0351 e. The standard InChI is InChI=1S/C25H33.C21H26.C5H5.2ClH.Zr/c1-15-13-21-19-11-7-8-12-20(19)24-18-10-6-5-9-17(18)14-22(24)23(21)16(2)25(15,3)4;1-20(2,3)18-11-7-16(8-12-18)15-17-9-13-19(14-10-17)21(4,5)6;1-2-4-5-3-1;;;/h5-6,9-10,15,19-21,24H,7-8,11-14H2,1-4H3;7-14H,1-6H3;1-5H;2*1H;/q-1;;-1;;;+2/p-2.